The molecule has 0 aromatic rings. The van der Waals surface area contributed by atoms with Crippen LogP contribution < -0.4 is 0 Å². The van der Waals surface area contributed by atoms with Crippen LogP contribution in [0.15, 0.2) is 5.11 Å². The molecule has 2 rings (SSSR count). The van der Waals surface area contributed by atoms with Crippen LogP contribution in [0.1, 0.15) is 25.7 Å². The smallest absolute Gasteiger partial charge is 0.0270 e. The van der Waals surface area contributed by atoms with Gasteiger partial charge in [-0.3, -0.25) is 4.90 Å². The molecule has 1 unspecified atom stereocenters. The van der Waals surface area contributed by atoms with E-state index in [2.05, 4.69) is 19.8 Å². The lowest BCUT2D eigenvalue weighted by atomic mass is 10.2. The number of rotatable bonds is 4. The van der Waals surface area contributed by atoms with Crippen molar-refractivity contribution in [2.45, 2.75) is 31.7 Å². The summed E-state index contributed by atoms with van der Waals surface area (Å²) in [6.07, 6.45) is 5.03. The van der Waals surface area contributed by atoms with Crippen LogP contribution in [0.25, 0.3) is 10.4 Å². The Hall–Kier alpha value is -0.770. The van der Waals surface area contributed by atoms with Gasteiger partial charge in [-0.25, -0.2) is 0 Å². The standard InChI is InChI=1S/C11H21N5/c12-14-13-5-2-6-15-7-3-9-16-8-1-4-11(16)10-15/h11H,1-10H2. The summed E-state index contributed by atoms with van der Waals surface area (Å²) in [5, 5.41) is 3.59. The maximum absolute atomic E-state index is 8.21. The van der Waals surface area contributed by atoms with Gasteiger partial charge in [0.1, 0.15) is 0 Å². The molecule has 2 aliphatic rings. The van der Waals surface area contributed by atoms with Crippen molar-refractivity contribution in [2.24, 2.45) is 5.11 Å². The highest BCUT2D eigenvalue weighted by atomic mass is 15.3. The maximum Gasteiger partial charge on any atom is 0.0270 e. The lowest BCUT2D eigenvalue weighted by Gasteiger charge is -2.25. The molecule has 1 atom stereocenters. The van der Waals surface area contributed by atoms with Gasteiger partial charge >= 0.3 is 0 Å². The monoisotopic (exact) mass is 223 g/mol. The molecule has 0 radical (unpaired) electrons. The number of hydrogen-bond acceptors (Lipinski definition) is 3. The zero-order chi connectivity index (χ0) is 11.2. The van der Waals surface area contributed by atoms with E-state index in [1.807, 2.05) is 0 Å². The molecule has 5 nitrogen and oxygen atoms in total. The van der Waals surface area contributed by atoms with Gasteiger partial charge in [0.2, 0.25) is 0 Å². The quantitative estimate of drug-likeness (QED) is 0.316. The van der Waals surface area contributed by atoms with Gasteiger partial charge in [-0.15, -0.1) is 0 Å². The summed E-state index contributed by atoms with van der Waals surface area (Å²) in [4.78, 5) is 7.98. The minimum absolute atomic E-state index is 0.640. The van der Waals surface area contributed by atoms with E-state index < -0.39 is 0 Å². The van der Waals surface area contributed by atoms with Crippen molar-refractivity contribution < 1.29 is 0 Å². The second kappa shape index (κ2) is 6.09. The molecule has 0 aliphatic carbocycles. The first-order valence-corrected chi connectivity index (χ1v) is 6.37. The molecule has 0 aromatic heterocycles. The molecule has 16 heavy (non-hydrogen) atoms. The molecule has 0 spiro atoms. The van der Waals surface area contributed by atoms with E-state index >= 15 is 0 Å². The molecule has 2 aliphatic heterocycles. The Balaban J connectivity index is 1.74. The number of hydrogen-bond donors (Lipinski definition) is 0. The fourth-order valence-electron chi connectivity index (χ4n) is 2.90. The molecular formula is C11H21N5. The molecule has 0 saturated carbocycles. The largest absolute Gasteiger partial charge is 0.302 e. The lowest BCUT2D eigenvalue weighted by molar-refractivity contribution is 0.219. The minimum atomic E-state index is 0.640. The van der Waals surface area contributed by atoms with Crippen LogP contribution in [0.5, 0.6) is 0 Å². The van der Waals surface area contributed by atoms with E-state index in [0.29, 0.717) is 6.54 Å². The van der Waals surface area contributed by atoms with Crippen molar-refractivity contribution >= 4 is 0 Å². The van der Waals surface area contributed by atoms with E-state index in [0.717, 1.165) is 19.0 Å². The summed E-state index contributed by atoms with van der Waals surface area (Å²) in [7, 11) is 0. The van der Waals surface area contributed by atoms with Crippen LogP contribution in [0, 0.1) is 0 Å². The van der Waals surface area contributed by atoms with Gasteiger partial charge in [0, 0.05) is 24.0 Å². The lowest BCUT2D eigenvalue weighted by Crippen LogP contribution is -2.37. The van der Waals surface area contributed by atoms with Crippen LogP contribution in [0.3, 0.4) is 0 Å². The molecular weight excluding hydrogens is 202 g/mol. The Morgan fingerprint density at radius 1 is 1.25 bits per heavy atom. The van der Waals surface area contributed by atoms with Crippen molar-refractivity contribution in [1.82, 2.24) is 9.80 Å². The topological polar surface area (TPSA) is 55.2 Å². The second-order valence-corrected chi connectivity index (χ2v) is 4.79. The average Bonchev–Trinajstić information content (AvgIpc) is 2.63. The van der Waals surface area contributed by atoms with E-state index in [9.17, 15) is 0 Å². The van der Waals surface area contributed by atoms with Gasteiger partial charge in [0.05, 0.1) is 0 Å². The third kappa shape index (κ3) is 3.11. The first-order valence-electron chi connectivity index (χ1n) is 6.37. The summed E-state index contributed by atoms with van der Waals surface area (Å²) in [5.74, 6) is 0. The molecule has 2 saturated heterocycles. The molecule has 5 heteroatoms. The van der Waals surface area contributed by atoms with Gasteiger partial charge in [0.25, 0.3) is 0 Å². The van der Waals surface area contributed by atoms with Crippen LogP contribution in [-0.2, 0) is 0 Å². The zero-order valence-corrected chi connectivity index (χ0v) is 9.88. The zero-order valence-electron chi connectivity index (χ0n) is 9.88. The van der Waals surface area contributed by atoms with E-state index in [1.54, 1.807) is 0 Å². The predicted molar refractivity (Wildman–Crippen MR) is 64.3 cm³/mol. The summed E-state index contributed by atoms with van der Waals surface area (Å²) in [6, 6.07) is 0.793. The highest BCUT2D eigenvalue weighted by molar-refractivity contribution is 4.84. The Morgan fingerprint density at radius 3 is 3.00 bits per heavy atom. The van der Waals surface area contributed by atoms with Crippen LogP contribution in [0.4, 0.5) is 0 Å². The molecule has 2 fully saturated rings. The molecule has 90 valence electrons. The second-order valence-electron chi connectivity index (χ2n) is 4.79. The van der Waals surface area contributed by atoms with Gasteiger partial charge in [-0.2, -0.15) is 0 Å². The van der Waals surface area contributed by atoms with Crippen molar-refractivity contribution in [1.29, 1.82) is 0 Å². The molecule has 2 heterocycles. The van der Waals surface area contributed by atoms with Gasteiger partial charge in [0.15, 0.2) is 0 Å². The van der Waals surface area contributed by atoms with E-state index in [1.165, 1.54) is 45.4 Å². The van der Waals surface area contributed by atoms with Crippen LogP contribution in [-0.4, -0.2) is 55.1 Å². The molecule has 0 amide bonds. The SMILES string of the molecule is [N-]=[N+]=NCCCN1CCCN2CCCC2C1. The fraction of sp³-hybridized carbons (Fsp3) is 1.00. The Morgan fingerprint density at radius 2 is 2.12 bits per heavy atom. The first-order chi connectivity index (χ1) is 7.90. The Kier molecular flexibility index (Phi) is 4.45. The number of azide groups is 1. The summed E-state index contributed by atoms with van der Waals surface area (Å²) in [6.45, 7) is 6.74. The number of nitrogens with zero attached hydrogens (tertiary/aromatic N) is 5. The predicted octanol–water partition coefficient (Wildman–Crippen LogP) is 1.86. The maximum atomic E-state index is 8.21. The van der Waals surface area contributed by atoms with Gasteiger partial charge in [-0.05, 0) is 57.4 Å². The highest BCUT2D eigenvalue weighted by Crippen LogP contribution is 2.21. The number of fused-ring (bicyclic) bond motifs is 1. The van der Waals surface area contributed by atoms with Crippen molar-refractivity contribution in [3.8, 4) is 0 Å². The summed E-state index contributed by atoms with van der Waals surface area (Å²) >= 11 is 0. The first kappa shape index (κ1) is 11.7. The van der Waals surface area contributed by atoms with E-state index in [4.69, 9.17) is 5.53 Å². The highest BCUT2D eigenvalue weighted by Gasteiger charge is 2.28. The minimum Gasteiger partial charge on any atom is -0.302 e. The molecule has 0 N–H and O–H groups in total. The van der Waals surface area contributed by atoms with Crippen molar-refractivity contribution in [3.05, 3.63) is 10.4 Å². The normalized spacial score (nSPS) is 27.1. The molecule has 0 bridgehead atoms. The summed E-state index contributed by atoms with van der Waals surface area (Å²) < 4.78 is 0. The third-order valence-corrected chi connectivity index (χ3v) is 3.68. The third-order valence-electron chi connectivity index (χ3n) is 3.68. The fourth-order valence-corrected chi connectivity index (χ4v) is 2.90. The van der Waals surface area contributed by atoms with Crippen LogP contribution in [0.2, 0.25) is 0 Å². The van der Waals surface area contributed by atoms with Crippen molar-refractivity contribution in [2.75, 3.05) is 39.3 Å². The van der Waals surface area contributed by atoms with Gasteiger partial charge < -0.3 is 4.90 Å². The van der Waals surface area contributed by atoms with Crippen molar-refractivity contribution in [3.63, 3.8) is 0 Å². The summed E-state index contributed by atoms with van der Waals surface area (Å²) in [5.41, 5.74) is 8.21. The van der Waals surface area contributed by atoms with E-state index in [-0.39, 0.29) is 0 Å². The Bertz CT molecular complexity index is 261. The average molecular weight is 223 g/mol. The van der Waals surface area contributed by atoms with Crippen LogP contribution >= 0.6 is 0 Å². The Labute approximate surface area is 97.0 Å². The van der Waals surface area contributed by atoms with Gasteiger partial charge in [-0.1, -0.05) is 5.11 Å². The molecule has 0 aromatic carbocycles.